The minimum absolute atomic E-state index is 0.00447. The van der Waals surface area contributed by atoms with Gasteiger partial charge in [0.15, 0.2) is 11.5 Å². The van der Waals surface area contributed by atoms with Crippen LogP contribution in [0.1, 0.15) is 21.5 Å². The van der Waals surface area contributed by atoms with Gasteiger partial charge in [0, 0.05) is 9.64 Å². The van der Waals surface area contributed by atoms with E-state index >= 15 is 0 Å². The van der Waals surface area contributed by atoms with Crippen LogP contribution in [0.4, 0.5) is 10.5 Å². The van der Waals surface area contributed by atoms with Gasteiger partial charge in [-0.1, -0.05) is 18.2 Å². The third kappa shape index (κ3) is 5.97. The fraction of sp³-hybridized carbons (Fsp3) is 0.115. The summed E-state index contributed by atoms with van der Waals surface area (Å²) in [7, 11) is 2.57. The number of hydrogen-bond donors (Lipinski definition) is 0. The standard InChI is InChI=1S/C26H19IN2O8S/c1-35-22-11-16(12-23-24(30)28(26(32)38-23)14-15-3-7-18(27)8-4-15)5-9-21(22)37-20-10-6-17(25(31)36-2)13-19(20)29(33)34/h3-13H,14H2,1-2H3/b23-12-. The van der Waals surface area contributed by atoms with Crippen molar-refractivity contribution >= 4 is 63.2 Å². The highest BCUT2D eigenvalue weighted by molar-refractivity contribution is 14.1. The van der Waals surface area contributed by atoms with Crippen molar-refractivity contribution < 1.29 is 33.5 Å². The normalized spacial score (nSPS) is 14.1. The molecular weight excluding hydrogens is 627 g/mol. The Bertz CT molecular complexity index is 1470. The Morgan fingerprint density at radius 3 is 2.39 bits per heavy atom. The topological polar surface area (TPSA) is 125 Å². The van der Waals surface area contributed by atoms with E-state index in [-0.39, 0.29) is 39.5 Å². The van der Waals surface area contributed by atoms with E-state index in [9.17, 15) is 24.5 Å². The van der Waals surface area contributed by atoms with Gasteiger partial charge in [0.05, 0.1) is 36.2 Å². The van der Waals surface area contributed by atoms with Crippen molar-refractivity contribution in [2.45, 2.75) is 6.54 Å². The van der Waals surface area contributed by atoms with Gasteiger partial charge in [-0.15, -0.1) is 0 Å². The molecule has 0 atom stereocenters. The lowest BCUT2D eigenvalue weighted by atomic mass is 10.1. The van der Waals surface area contributed by atoms with Gasteiger partial charge >= 0.3 is 11.7 Å². The average Bonchev–Trinajstić information content (AvgIpc) is 3.17. The molecule has 1 saturated heterocycles. The highest BCUT2D eigenvalue weighted by Crippen LogP contribution is 2.39. The number of nitro benzene ring substituents is 1. The quantitative estimate of drug-likeness (QED) is 0.0950. The first-order valence-corrected chi connectivity index (χ1v) is 12.8. The van der Waals surface area contributed by atoms with E-state index < -0.39 is 22.5 Å². The van der Waals surface area contributed by atoms with Gasteiger partial charge in [-0.3, -0.25) is 24.6 Å². The lowest BCUT2D eigenvalue weighted by molar-refractivity contribution is -0.385. The number of amides is 2. The number of esters is 1. The molecule has 3 aromatic rings. The largest absolute Gasteiger partial charge is 0.493 e. The molecule has 4 rings (SSSR count). The summed E-state index contributed by atoms with van der Waals surface area (Å²) < 4.78 is 16.8. The minimum Gasteiger partial charge on any atom is -0.493 e. The summed E-state index contributed by atoms with van der Waals surface area (Å²) in [4.78, 5) is 49.5. The molecule has 12 heteroatoms. The van der Waals surface area contributed by atoms with E-state index in [2.05, 4.69) is 27.3 Å². The van der Waals surface area contributed by atoms with Gasteiger partial charge in [0.25, 0.3) is 11.1 Å². The second-order valence-electron chi connectivity index (χ2n) is 7.84. The first-order chi connectivity index (χ1) is 18.2. The Morgan fingerprint density at radius 2 is 1.74 bits per heavy atom. The number of nitro groups is 1. The Kier molecular flexibility index (Phi) is 8.32. The Hall–Kier alpha value is -3.91. The number of ether oxygens (including phenoxy) is 3. The van der Waals surface area contributed by atoms with Crippen LogP contribution in [0.25, 0.3) is 6.08 Å². The first-order valence-electron chi connectivity index (χ1n) is 10.9. The number of rotatable bonds is 8. The third-order valence-corrected chi connectivity index (χ3v) is 7.04. The number of halogens is 1. The molecule has 0 aliphatic carbocycles. The van der Waals surface area contributed by atoms with E-state index in [0.29, 0.717) is 5.56 Å². The van der Waals surface area contributed by atoms with Crippen molar-refractivity contribution in [3.8, 4) is 17.2 Å². The molecular formula is C26H19IN2O8S. The van der Waals surface area contributed by atoms with Gasteiger partial charge in [0.1, 0.15) is 0 Å². The van der Waals surface area contributed by atoms with Crippen molar-refractivity contribution in [1.29, 1.82) is 0 Å². The molecule has 1 aliphatic rings. The molecule has 10 nitrogen and oxygen atoms in total. The number of methoxy groups -OCH3 is 2. The summed E-state index contributed by atoms with van der Waals surface area (Å²) in [6.07, 6.45) is 1.57. The molecule has 2 amide bonds. The molecule has 0 spiro atoms. The van der Waals surface area contributed by atoms with Crippen LogP contribution in [-0.2, 0) is 16.1 Å². The van der Waals surface area contributed by atoms with E-state index in [0.717, 1.165) is 27.0 Å². The van der Waals surface area contributed by atoms with Crippen LogP contribution in [0, 0.1) is 13.7 Å². The van der Waals surface area contributed by atoms with E-state index in [1.165, 1.54) is 37.3 Å². The maximum absolute atomic E-state index is 12.9. The van der Waals surface area contributed by atoms with E-state index in [4.69, 9.17) is 9.47 Å². The molecule has 0 saturated carbocycles. The van der Waals surface area contributed by atoms with Crippen molar-refractivity contribution in [3.63, 3.8) is 0 Å². The molecule has 194 valence electrons. The van der Waals surface area contributed by atoms with Crippen molar-refractivity contribution in [2.24, 2.45) is 0 Å². The van der Waals surface area contributed by atoms with Gasteiger partial charge < -0.3 is 14.2 Å². The lowest BCUT2D eigenvalue weighted by Gasteiger charge is -2.13. The van der Waals surface area contributed by atoms with Crippen LogP contribution in [0.5, 0.6) is 17.2 Å². The number of hydrogen-bond acceptors (Lipinski definition) is 9. The van der Waals surface area contributed by atoms with Crippen LogP contribution < -0.4 is 9.47 Å². The number of carbonyl (C=O) groups excluding carboxylic acids is 3. The summed E-state index contributed by atoms with van der Waals surface area (Å²) in [6, 6.07) is 16.0. The van der Waals surface area contributed by atoms with Gasteiger partial charge in [0.2, 0.25) is 5.75 Å². The molecule has 38 heavy (non-hydrogen) atoms. The smallest absolute Gasteiger partial charge is 0.338 e. The zero-order valence-electron chi connectivity index (χ0n) is 20.0. The summed E-state index contributed by atoms with van der Waals surface area (Å²) >= 11 is 3.02. The zero-order chi connectivity index (χ0) is 27.4. The Balaban J connectivity index is 1.56. The average molecular weight is 646 g/mol. The van der Waals surface area contributed by atoms with Crippen LogP contribution in [-0.4, -0.2) is 41.2 Å². The highest BCUT2D eigenvalue weighted by atomic mass is 127. The molecule has 1 fully saturated rings. The monoisotopic (exact) mass is 646 g/mol. The maximum atomic E-state index is 12.9. The number of nitrogens with zero attached hydrogens (tertiary/aromatic N) is 2. The highest BCUT2D eigenvalue weighted by Gasteiger charge is 2.35. The minimum atomic E-state index is -0.718. The predicted molar refractivity (Wildman–Crippen MR) is 148 cm³/mol. The summed E-state index contributed by atoms with van der Waals surface area (Å²) in [5, 5.41) is 11.2. The van der Waals surface area contributed by atoms with Crippen molar-refractivity contribution in [2.75, 3.05) is 14.2 Å². The van der Waals surface area contributed by atoms with Crippen LogP contribution in [0.3, 0.4) is 0 Å². The van der Waals surface area contributed by atoms with Gasteiger partial charge in [-0.25, -0.2) is 4.79 Å². The lowest BCUT2D eigenvalue weighted by Crippen LogP contribution is -2.27. The Labute approximate surface area is 234 Å². The SMILES string of the molecule is COC(=O)c1ccc(Oc2ccc(/C=C3\SC(=O)N(Cc4ccc(I)cc4)C3=O)cc2OC)c([N+](=O)[O-])c1. The Morgan fingerprint density at radius 1 is 1.03 bits per heavy atom. The van der Waals surface area contributed by atoms with Crippen LogP contribution >= 0.6 is 34.4 Å². The molecule has 3 aromatic carbocycles. The number of thioether (sulfide) groups is 1. The molecule has 1 heterocycles. The maximum Gasteiger partial charge on any atom is 0.338 e. The fourth-order valence-electron chi connectivity index (χ4n) is 3.53. The molecule has 0 N–H and O–H groups in total. The second kappa shape index (κ2) is 11.6. The summed E-state index contributed by atoms with van der Waals surface area (Å²) in [6.45, 7) is 0.169. The number of imide groups is 1. The summed E-state index contributed by atoms with van der Waals surface area (Å²) in [5.74, 6) is -0.817. The van der Waals surface area contributed by atoms with E-state index in [1.807, 2.05) is 24.3 Å². The van der Waals surface area contributed by atoms with Crippen molar-refractivity contribution in [1.82, 2.24) is 4.90 Å². The fourth-order valence-corrected chi connectivity index (χ4v) is 4.73. The second-order valence-corrected chi connectivity index (χ2v) is 10.1. The van der Waals surface area contributed by atoms with Crippen LogP contribution in [0.2, 0.25) is 0 Å². The number of carbonyl (C=O) groups is 3. The molecule has 0 unspecified atom stereocenters. The molecule has 1 aliphatic heterocycles. The predicted octanol–water partition coefficient (Wildman–Crippen LogP) is 6.02. The molecule has 0 bridgehead atoms. The third-order valence-electron chi connectivity index (χ3n) is 5.41. The zero-order valence-corrected chi connectivity index (χ0v) is 23.0. The van der Waals surface area contributed by atoms with E-state index in [1.54, 1.807) is 18.2 Å². The molecule has 0 radical (unpaired) electrons. The van der Waals surface area contributed by atoms with Gasteiger partial charge in [-0.2, -0.15) is 0 Å². The first kappa shape index (κ1) is 27.1. The van der Waals surface area contributed by atoms with Crippen molar-refractivity contribution in [3.05, 3.63) is 95.9 Å². The summed E-state index contributed by atoms with van der Waals surface area (Å²) in [5.41, 5.74) is 0.973. The molecule has 0 aromatic heterocycles. The van der Waals surface area contributed by atoms with Crippen LogP contribution in [0.15, 0.2) is 65.6 Å². The number of benzene rings is 3. The van der Waals surface area contributed by atoms with Gasteiger partial charge in [-0.05, 0) is 88.0 Å².